The smallest absolute Gasteiger partial charge is 0.276 e. The summed E-state index contributed by atoms with van der Waals surface area (Å²) in [6.07, 6.45) is 3.41. The summed E-state index contributed by atoms with van der Waals surface area (Å²) in [5, 5.41) is 29.3. The van der Waals surface area contributed by atoms with Crippen molar-refractivity contribution in [3.63, 3.8) is 0 Å². The summed E-state index contributed by atoms with van der Waals surface area (Å²) in [5.74, 6) is -0.640. The average molecular weight is 437 g/mol. The van der Waals surface area contributed by atoms with E-state index in [0.717, 1.165) is 53.7 Å². The number of aliphatic hydroxyl groups is 2. The van der Waals surface area contributed by atoms with E-state index in [1.165, 1.54) is 19.4 Å². The quantitative estimate of drug-likeness (QED) is 0.499. The Morgan fingerprint density at radius 2 is 2.10 bits per heavy atom. The Hall–Kier alpha value is -1.85. The van der Waals surface area contributed by atoms with Crippen molar-refractivity contribution in [2.75, 3.05) is 5.32 Å². The van der Waals surface area contributed by atoms with Gasteiger partial charge in [-0.25, -0.2) is 19.1 Å². The lowest BCUT2D eigenvalue weighted by Gasteiger charge is -2.18. The van der Waals surface area contributed by atoms with E-state index < -0.39 is 27.5 Å². The summed E-state index contributed by atoms with van der Waals surface area (Å²) in [6, 6.07) is 2.13. The molecule has 6 N–H and O–H groups in total. The first kappa shape index (κ1) is 20.4. The van der Waals surface area contributed by atoms with Gasteiger partial charge in [0.2, 0.25) is 0 Å². The van der Waals surface area contributed by atoms with E-state index in [0.29, 0.717) is 12.1 Å². The third-order valence-corrected chi connectivity index (χ3v) is 8.29. The summed E-state index contributed by atoms with van der Waals surface area (Å²) in [6.45, 7) is 2.99. The number of thiazole rings is 1. The molecule has 4 rings (SSSR count). The van der Waals surface area contributed by atoms with Crippen molar-refractivity contribution in [3.8, 4) is 0 Å². The van der Waals surface area contributed by atoms with E-state index in [1.54, 1.807) is 0 Å². The Bertz CT molecular complexity index is 1120. The minimum atomic E-state index is -3.71. The van der Waals surface area contributed by atoms with Crippen molar-refractivity contribution in [3.05, 3.63) is 39.0 Å². The molecular weight excluding hydrogens is 412 g/mol. The third-order valence-electron chi connectivity index (χ3n) is 5.39. The summed E-state index contributed by atoms with van der Waals surface area (Å²) in [4.78, 5) is 17.3. The molecule has 2 unspecified atom stereocenters. The predicted molar refractivity (Wildman–Crippen MR) is 110 cm³/mol. The van der Waals surface area contributed by atoms with Crippen molar-refractivity contribution >= 4 is 32.8 Å². The molecule has 0 spiro atoms. The summed E-state index contributed by atoms with van der Waals surface area (Å²) in [5.41, 5.74) is 2.97. The first-order valence-electron chi connectivity index (χ1n) is 9.44. The average Bonchev–Trinajstić information content (AvgIpc) is 3.31. The first-order chi connectivity index (χ1) is 13.5. The zero-order valence-corrected chi connectivity index (χ0v) is 17.9. The lowest BCUT2D eigenvalue weighted by atomic mass is 9.98. The number of hydrogen-bond donors (Lipinski definition) is 5. The van der Waals surface area contributed by atoms with E-state index in [-0.39, 0.29) is 14.9 Å². The Morgan fingerprint density at radius 1 is 1.38 bits per heavy atom. The topological polar surface area (TPSA) is 149 Å². The third kappa shape index (κ3) is 3.59. The van der Waals surface area contributed by atoms with E-state index in [4.69, 9.17) is 9.92 Å². The van der Waals surface area contributed by atoms with Crippen LogP contribution in [0, 0.1) is 4.78 Å². The Kier molecular flexibility index (Phi) is 4.82. The van der Waals surface area contributed by atoms with Crippen molar-refractivity contribution in [2.45, 2.75) is 61.9 Å². The maximum Gasteiger partial charge on any atom is 0.276 e. The van der Waals surface area contributed by atoms with E-state index in [1.807, 2.05) is 0 Å². The number of carbonyl (C=O) groups excluding carboxylic acids is 1. The van der Waals surface area contributed by atoms with Gasteiger partial charge in [0, 0.05) is 5.56 Å². The lowest BCUT2D eigenvalue weighted by Crippen LogP contribution is -2.21. The Morgan fingerprint density at radius 3 is 2.76 bits per heavy atom. The molecule has 10 heteroatoms. The standard InChI is InChI=1S/C19H24N4O4S2/c1-19(2,26)18-23-15(17(28-18)29(20,21)27)16(25)22-14-11-5-3-4-9(11)8-10-6-7-12(24)13(10)14/h8,12,24,26H,3-7H2,1-2H3,(H,22,25)(H3,20,21,27). The van der Waals surface area contributed by atoms with Crippen molar-refractivity contribution in [1.82, 2.24) is 4.98 Å². The summed E-state index contributed by atoms with van der Waals surface area (Å²) < 4.78 is 19.8. The van der Waals surface area contributed by atoms with Gasteiger partial charge in [0.25, 0.3) is 5.91 Å². The number of nitrogens with two attached hydrogens (primary N) is 1. The maximum absolute atomic E-state index is 13.1. The van der Waals surface area contributed by atoms with Gasteiger partial charge in [0.15, 0.2) is 5.69 Å². The number of anilines is 1. The monoisotopic (exact) mass is 436 g/mol. The van der Waals surface area contributed by atoms with Gasteiger partial charge >= 0.3 is 0 Å². The van der Waals surface area contributed by atoms with Crippen LogP contribution in [0.3, 0.4) is 0 Å². The van der Waals surface area contributed by atoms with Crippen LogP contribution in [0.4, 0.5) is 5.69 Å². The highest BCUT2D eigenvalue weighted by atomic mass is 32.2. The SMILES string of the molecule is CC(C)(O)c1nc(C(=O)Nc2c3c(cc4c2C(O)CC4)CCC3)c(S(=N)(N)=O)s1. The number of rotatable bonds is 4. The summed E-state index contributed by atoms with van der Waals surface area (Å²) in [7, 11) is -3.71. The molecule has 2 atom stereocenters. The molecular formula is C19H24N4O4S2. The Labute approximate surface area is 173 Å². The highest BCUT2D eigenvalue weighted by molar-refractivity contribution is 7.92. The van der Waals surface area contributed by atoms with Crippen LogP contribution in [-0.2, 0) is 34.8 Å². The number of aromatic nitrogens is 1. The minimum Gasteiger partial charge on any atom is -0.388 e. The van der Waals surface area contributed by atoms with Gasteiger partial charge < -0.3 is 15.5 Å². The number of benzene rings is 1. The molecule has 29 heavy (non-hydrogen) atoms. The molecule has 8 nitrogen and oxygen atoms in total. The second-order valence-corrected chi connectivity index (χ2v) is 11.0. The Balaban J connectivity index is 1.80. The van der Waals surface area contributed by atoms with E-state index in [2.05, 4.69) is 16.4 Å². The van der Waals surface area contributed by atoms with Gasteiger partial charge in [-0.2, -0.15) is 0 Å². The van der Waals surface area contributed by atoms with Gasteiger partial charge in [-0.3, -0.25) is 4.79 Å². The van der Waals surface area contributed by atoms with Crippen molar-refractivity contribution < 1.29 is 19.2 Å². The molecule has 2 aromatic rings. The number of fused-ring (bicyclic) bond motifs is 2. The second kappa shape index (κ2) is 6.85. The molecule has 0 radical (unpaired) electrons. The van der Waals surface area contributed by atoms with Crippen LogP contribution < -0.4 is 10.5 Å². The molecule has 0 aliphatic heterocycles. The molecule has 2 aliphatic rings. The first-order valence-corrected chi connectivity index (χ1v) is 11.9. The van der Waals surface area contributed by atoms with Crippen molar-refractivity contribution in [2.24, 2.45) is 5.14 Å². The molecule has 156 valence electrons. The molecule has 1 aromatic heterocycles. The number of aliphatic hydroxyl groups excluding tert-OH is 1. The maximum atomic E-state index is 13.1. The van der Waals surface area contributed by atoms with Gasteiger partial charge in [0.05, 0.1) is 11.8 Å². The van der Waals surface area contributed by atoms with Gasteiger partial charge in [0.1, 0.15) is 24.7 Å². The van der Waals surface area contributed by atoms with Crippen LogP contribution in [0.1, 0.15) is 70.5 Å². The number of aryl methyl sites for hydroxylation is 2. The molecule has 0 bridgehead atoms. The van der Waals surface area contributed by atoms with Gasteiger partial charge in [-0.05, 0) is 62.6 Å². The van der Waals surface area contributed by atoms with Gasteiger partial charge in [-0.15, -0.1) is 11.3 Å². The normalized spacial score (nSPS) is 20.2. The van der Waals surface area contributed by atoms with Crippen LogP contribution >= 0.6 is 11.3 Å². The fraction of sp³-hybridized carbons (Fsp3) is 0.474. The van der Waals surface area contributed by atoms with E-state index in [9.17, 15) is 19.2 Å². The zero-order chi connectivity index (χ0) is 21.1. The molecule has 0 saturated carbocycles. The number of nitrogens with one attached hydrogen (secondary N) is 2. The van der Waals surface area contributed by atoms with Crippen LogP contribution in [-0.4, -0.2) is 25.3 Å². The molecule has 1 aromatic carbocycles. The largest absolute Gasteiger partial charge is 0.388 e. The minimum absolute atomic E-state index is 0.159. The van der Waals surface area contributed by atoms with Crippen molar-refractivity contribution in [1.29, 1.82) is 4.78 Å². The van der Waals surface area contributed by atoms with E-state index >= 15 is 0 Å². The fourth-order valence-electron chi connectivity index (χ4n) is 4.08. The molecule has 0 saturated heterocycles. The number of hydrogen-bond acceptors (Lipinski definition) is 7. The number of carbonyl (C=O) groups is 1. The number of nitrogens with zero attached hydrogens (tertiary/aromatic N) is 1. The summed E-state index contributed by atoms with van der Waals surface area (Å²) >= 11 is 0.804. The van der Waals surface area contributed by atoms with Crippen LogP contribution in [0.15, 0.2) is 10.3 Å². The zero-order valence-electron chi connectivity index (χ0n) is 16.2. The van der Waals surface area contributed by atoms with Crippen LogP contribution in [0.2, 0.25) is 0 Å². The van der Waals surface area contributed by atoms with Gasteiger partial charge in [-0.1, -0.05) is 6.07 Å². The lowest BCUT2D eigenvalue weighted by molar-refractivity contribution is 0.0780. The van der Waals surface area contributed by atoms with Crippen LogP contribution in [0.25, 0.3) is 0 Å². The second-order valence-electron chi connectivity index (χ2n) is 8.14. The fourth-order valence-corrected chi connectivity index (χ4v) is 6.03. The highest BCUT2D eigenvalue weighted by Crippen LogP contribution is 2.43. The molecule has 1 heterocycles. The predicted octanol–water partition coefficient (Wildman–Crippen LogP) is 2.37. The molecule has 0 fully saturated rings. The molecule has 1 amide bonds. The molecule has 2 aliphatic carbocycles. The highest BCUT2D eigenvalue weighted by Gasteiger charge is 2.33. The van der Waals surface area contributed by atoms with Crippen LogP contribution in [0.5, 0.6) is 0 Å². The number of amides is 1.